The third kappa shape index (κ3) is 2.48. The van der Waals surface area contributed by atoms with Crippen LogP contribution in [-0.4, -0.2) is 16.3 Å². The number of nitrogens with one attached hydrogen (secondary N) is 1. The van der Waals surface area contributed by atoms with Gasteiger partial charge in [-0.15, -0.1) is 0 Å². The van der Waals surface area contributed by atoms with Gasteiger partial charge in [0, 0.05) is 12.1 Å². The number of nitrogens with zero attached hydrogens (tertiary/aromatic N) is 2. The molecule has 4 heteroatoms. The second kappa shape index (κ2) is 5.87. The largest absolute Gasteiger partial charge is 0.472 e. The molecule has 2 aromatic heterocycles. The highest BCUT2D eigenvalue weighted by Crippen LogP contribution is 2.23. The lowest BCUT2D eigenvalue weighted by Crippen LogP contribution is -2.24. The summed E-state index contributed by atoms with van der Waals surface area (Å²) < 4.78 is 7.27. The fraction of sp³-hybridized carbons (Fsp3) is 0.500. The van der Waals surface area contributed by atoms with Crippen molar-refractivity contribution in [2.45, 2.75) is 39.8 Å². The molecule has 0 aliphatic heterocycles. The summed E-state index contributed by atoms with van der Waals surface area (Å²) in [5.74, 6) is 0. The maximum absolute atomic E-state index is 5.20. The number of hydrogen-bond donors (Lipinski definition) is 1. The van der Waals surface area contributed by atoms with Gasteiger partial charge in [0.15, 0.2) is 0 Å². The normalized spacial score (nSPS) is 12.8. The zero-order valence-electron chi connectivity index (χ0n) is 11.3. The molecule has 1 atom stereocenters. The van der Waals surface area contributed by atoms with Gasteiger partial charge in [-0.3, -0.25) is 4.68 Å². The van der Waals surface area contributed by atoms with Crippen molar-refractivity contribution < 1.29 is 4.42 Å². The van der Waals surface area contributed by atoms with E-state index in [2.05, 4.69) is 41.9 Å². The van der Waals surface area contributed by atoms with E-state index in [9.17, 15) is 0 Å². The van der Waals surface area contributed by atoms with Gasteiger partial charge in [-0.1, -0.05) is 13.8 Å². The summed E-state index contributed by atoms with van der Waals surface area (Å²) in [6, 6.07) is 4.34. The topological polar surface area (TPSA) is 43.0 Å². The fourth-order valence-electron chi connectivity index (χ4n) is 2.18. The minimum atomic E-state index is 0.154. The summed E-state index contributed by atoms with van der Waals surface area (Å²) in [6.07, 6.45) is 4.48. The molecule has 4 nitrogen and oxygen atoms in total. The van der Waals surface area contributed by atoms with Gasteiger partial charge in [0.05, 0.1) is 30.0 Å². The Kier molecular flexibility index (Phi) is 4.20. The number of furan rings is 1. The van der Waals surface area contributed by atoms with Crippen LogP contribution < -0.4 is 5.32 Å². The molecule has 18 heavy (non-hydrogen) atoms. The summed E-state index contributed by atoms with van der Waals surface area (Å²) in [5.41, 5.74) is 3.49. The van der Waals surface area contributed by atoms with E-state index in [0.717, 1.165) is 30.8 Å². The van der Waals surface area contributed by atoms with E-state index in [1.54, 1.807) is 12.5 Å². The summed E-state index contributed by atoms with van der Waals surface area (Å²) in [6.45, 7) is 8.16. The molecule has 0 spiro atoms. The molecule has 0 saturated heterocycles. The number of aromatic nitrogens is 2. The first-order valence-corrected chi connectivity index (χ1v) is 6.62. The monoisotopic (exact) mass is 247 g/mol. The smallest absolute Gasteiger partial charge is 0.0954 e. The molecule has 0 fully saturated rings. The van der Waals surface area contributed by atoms with Crippen molar-refractivity contribution >= 4 is 0 Å². The van der Waals surface area contributed by atoms with Crippen LogP contribution in [0.3, 0.4) is 0 Å². The Bertz CT molecular complexity index is 473. The molecule has 2 rings (SSSR count). The second-order valence-corrected chi connectivity index (χ2v) is 4.28. The lowest BCUT2D eigenvalue weighted by Gasteiger charge is -2.17. The molecule has 0 aliphatic rings. The van der Waals surface area contributed by atoms with Crippen LogP contribution in [0.1, 0.15) is 43.8 Å². The van der Waals surface area contributed by atoms with Crippen LogP contribution in [0, 0.1) is 0 Å². The van der Waals surface area contributed by atoms with Crippen LogP contribution >= 0.6 is 0 Å². The summed E-state index contributed by atoms with van der Waals surface area (Å²) >= 11 is 0. The van der Waals surface area contributed by atoms with Gasteiger partial charge in [-0.2, -0.15) is 5.10 Å². The molecule has 0 aromatic carbocycles. The first kappa shape index (κ1) is 12.9. The zero-order valence-corrected chi connectivity index (χ0v) is 11.3. The first-order valence-electron chi connectivity index (χ1n) is 6.62. The van der Waals surface area contributed by atoms with Crippen molar-refractivity contribution in [3.63, 3.8) is 0 Å². The number of aryl methyl sites for hydroxylation is 2. The molecule has 0 bridgehead atoms. The Balaban J connectivity index is 2.38. The van der Waals surface area contributed by atoms with E-state index in [0.29, 0.717) is 0 Å². The van der Waals surface area contributed by atoms with Gasteiger partial charge >= 0.3 is 0 Å². The minimum absolute atomic E-state index is 0.154. The van der Waals surface area contributed by atoms with Crippen LogP contribution in [0.4, 0.5) is 0 Å². The minimum Gasteiger partial charge on any atom is -0.472 e. The van der Waals surface area contributed by atoms with Crippen molar-refractivity contribution in [1.29, 1.82) is 0 Å². The maximum atomic E-state index is 5.20. The van der Waals surface area contributed by atoms with E-state index in [-0.39, 0.29) is 6.04 Å². The van der Waals surface area contributed by atoms with E-state index >= 15 is 0 Å². The predicted octanol–water partition coefficient (Wildman–Crippen LogP) is 2.76. The van der Waals surface area contributed by atoms with Crippen molar-refractivity contribution in [2.24, 2.45) is 0 Å². The molecule has 2 aromatic rings. The molecule has 1 N–H and O–H groups in total. The second-order valence-electron chi connectivity index (χ2n) is 4.28. The highest BCUT2D eigenvalue weighted by atomic mass is 16.3. The number of hydrogen-bond acceptors (Lipinski definition) is 3. The third-order valence-electron chi connectivity index (χ3n) is 3.10. The highest BCUT2D eigenvalue weighted by Gasteiger charge is 2.19. The fourth-order valence-corrected chi connectivity index (χ4v) is 2.18. The van der Waals surface area contributed by atoms with Gasteiger partial charge in [0.1, 0.15) is 0 Å². The van der Waals surface area contributed by atoms with Crippen molar-refractivity contribution in [3.8, 4) is 0 Å². The van der Waals surface area contributed by atoms with E-state index < -0.39 is 0 Å². The average molecular weight is 247 g/mol. The summed E-state index contributed by atoms with van der Waals surface area (Å²) in [7, 11) is 0. The molecule has 1 unspecified atom stereocenters. The maximum Gasteiger partial charge on any atom is 0.0954 e. The van der Waals surface area contributed by atoms with Crippen LogP contribution in [0.15, 0.2) is 29.1 Å². The van der Waals surface area contributed by atoms with Crippen molar-refractivity contribution in [3.05, 3.63) is 41.6 Å². The first-order chi connectivity index (χ1) is 8.80. The molecular weight excluding hydrogens is 226 g/mol. The lowest BCUT2D eigenvalue weighted by molar-refractivity contribution is 0.525. The van der Waals surface area contributed by atoms with E-state index in [1.165, 1.54) is 5.69 Å². The highest BCUT2D eigenvalue weighted by molar-refractivity contribution is 5.26. The molecule has 0 saturated carbocycles. The lowest BCUT2D eigenvalue weighted by atomic mass is 10.1. The van der Waals surface area contributed by atoms with Crippen LogP contribution in [0.25, 0.3) is 0 Å². The molecule has 2 heterocycles. The SMILES string of the molecule is CCNC(c1ccoc1)c1cc(CC)nn1CC. The van der Waals surface area contributed by atoms with Gasteiger partial charge in [-0.05, 0) is 32.0 Å². The van der Waals surface area contributed by atoms with Gasteiger partial charge in [0.25, 0.3) is 0 Å². The third-order valence-corrected chi connectivity index (χ3v) is 3.10. The predicted molar refractivity (Wildman–Crippen MR) is 71.5 cm³/mol. The molecule has 0 aliphatic carbocycles. The number of rotatable bonds is 6. The van der Waals surface area contributed by atoms with Crippen molar-refractivity contribution in [2.75, 3.05) is 6.54 Å². The average Bonchev–Trinajstić information content (AvgIpc) is 3.04. The summed E-state index contributed by atoms with van der Waals surface area (Å²) in [5, 5.41) is 8.10. The van der Waals surface area contributed by atoms with E-state index in [4.69, 9.17) is 4.42 Å². The van der Waals surface area contributed by atoms with Gasteiger partial charge in [0.2, 0.25) is 0 Å². The molecule has 0 amide bonds. The zero-order chi connectivity index (χ0) is 13.0. The quantitative estimate of drug-likeness (QED) is 0.853. The standard InChI is InChI=1S/C14H21N3O/c1-4-12-9-13(17(6-3)16-12)14(15-5-2)11-7-8-18-10-11/h7-10,14-15H,4-6H2,1-3H3. The van der Waals surface area contributed by atoms with Crippen LogP contribution in [-0.2, 0) is 13.0 Å². The molecule has 98 valence electrons. The Morgan fingerprint density at radius 1 is 1.39 bits per heavy atom. The molecular formula is C14H21N3O. The Hall–Kier alpha value is -1.55. The Morgan fingerprint density at radius 3 is 2.78 bits per heavy atom. The van der Waals surface area contributed by atoms with Crippen LogP contribution in [0.5, 0.6) is 0 Å². The molecule has 0 radical (unpaired) electrons. The Morgan fingerprint density at radius 2 is 2.22 bits per heavy atom. The Labute approximate surface area is 108 Å². The van der Waals surface area contributed by atoms with Gasteiger partial charge in [-0.25, -0.2) is 0 Å². The van der Waals surface area contributed by atoms with Crippen molar-refractivity contribution in [1.82, 2.24) is 15.1 Å². The summed E-state index contributed by atoms with van der Waals surface area (Å²) in [4.78, 5) is 0. The van der Waals surface area contributed by atoms with E-state index in [1.807, 2.05) is 6.07 Å². The van der Waals surface area contributed by atoms with Crippen LogP contribution in [0.2, 0.25) is 0 Å². The van der Waals surface area contributed by atoms with Gasteiger partial charge < -0.3 is 9.73 Å².